The molecule has 0 amide bonds. The molecule has 1 aliphatic rings. The van der Waals surface area contributed by atoms with E-state index in [0.29, 0.717) is 0 Å². The summed E-state index contributed by atoms with van der Waals surface area (Å²) in [5, 5.41) is 4.71. The van der Waals surface area contributed by atoms with Gasteiger partial charge in [-0.1, -0.05) is 23.8 Å². The number of anilines is 1. The molecule has 1 aliphatic heterocycles. The van der Waals surface area contributed by atoms with Gasteiger partial charge in [-0.25, -0.2) is 0 Å². The molecule has 1 saturated heterocycles. The molecular weight excluding hydrogens is 270 g/mol. The summed E-state index contributed by atoms with van der Waals surface area (Å²) in [5.41, 5.74) is 6.39. The summed E-state index contributed by atoms with van der Waals surface area (Å²) in [5.74, 6) is 0. The van der Waals surface area contributed by atoms with Crippen molar-refractivity contribution in [1.29, 1.82) is 0 Å². The van der Waals surface area contributed by atoms with E-state index in [0.717, 1.165) is 26.2 Å². The highest BCUT2D eigenvalue weighted by atomic mass is 15.2. The fourth-order valence-electron chi connectivity index (χ4n) is 3.27. The lowest BCUT2D eigenvalue weighted by Crippen LogP contribution is -2.43. The third-order valence-electron chi connectivity index (χ3n) is 4.48. The predicted molar refractivity (Wildman–Crippen MR) is 93.6 cm³/mol. The van der Waals surface area contributed by atoms with Crippen LogP contribution in [0.4, 0.5) is 5.69 Å². The van der Waals surface area contributed by atoms with Crippen molar-refractivity contribution in [1.82, 2.24) is 10.3 Å². The van der Waals surface area contributed by atoms with Crippen molar-refractivity contribution in [3.63, 3.8) is 0 Å². The molecule has 0 spiro atoms. The highest BCUT2D eigenvalue weighted by Gasteiger charge is 2.12. The maximum Gasteiger partial charge on any atom is 0.0460 e. The highest BCUT2D eigenvalue weighted by Crippen LogP contribution is 2.31. The van der Waals surface area contributed by atoms with E-state index in [9.17, 15) is 0 Å². The molecule has 1 fully saturated rings. The molecular formula is C19H21N3. The number of aromatic nitrogens is 1. The average molecular weight is 291 g/mol. The molecule has 0 radical (unpaired) electrons. The Balaban J connectivity index is 1.76. The number of nitrogens with one attached hydrogen (secondary N) is 2. The largest absolute Gasteiger partial charge is 0.369 e. The smallest absolute Gasteiger partial charge is 0.0460 e. The SMILES string of the molecule is Cc1ccc2[nH]cc(-c3cccc(N4CCNCC4)c3)c2c1. The molecule has 2 heterocycles. The number of aryl methyl sites for hydroxylation is 1. The van der Waals surface area contributed by atoms with Gasteiger partial charge in [-0.3, -0.25) is 0 Å². The predicted octanol–water partition coefficient (Wildman–Crippen LogP) is 3.55. The molecule has 0 bridgehead atoms. The van der Waals surface area contributed by atoms with Crippen molar-refractivity contribution in [2.45, 2.75) is 6.92 Å². The zero-order valence-electron chi connectivity index (χ0n) is 12.9. The number of hydrogen-bond acceptors (Lipinski definition) is 2. The molecule has 0 aliphatic carbocycles. The van der Waals surface area contributed by atoms with E-state index in [1.165, 1.54) is 33.3 Å². The summed E-state index contributed by atoms with van der Waals surface area (Å²) >= 11 is 0. The number of H-pyrrole nitrogens is 1. The van der Waals surface area contributed by atoms with Gasteiger partial charge < -0.3 is 15.2 Å². The fraction of sp³-hybridized carbons (Fsp3) is 0.263. The van der Waals surface area contributed by atoms with E-state index in [-0.39, 0.29) is 0 Å². The second kappa shape index (κ2) is 5.50. The van der Waals surface area contributed by atoms with Gasteiger partial charge in [-0.15, -0.1) is 0 Å². The molecule has 112 valence electrons. The Kier molecular flexibility index (Phi) is 3.35. The van der Waals surface area contributed by atoms with Gasteiger partial charge in [0.1, 0.15) is 0 Å². The summed E-state index contributed by atoms with van der Waals surface area (Å²) in [4.78, 5) is 5.85. The minimum Gasteiger partial charge on any atom is -0.369 e. The molecule has 3 nitrogen and oxygen atoms in total. The van der Waals surface area contributed by atoms with E-state index >= 15 is 0 Å². The second-order valence-electron chi connectivity index (χ2n) is 6.04. The molecule has 1 aromatic heterocycles. The third-order valence-corrected chi connectivity index (χ3v) is 4.48. The molecule has 0 saturated carbocycles. The standard InChI is InChI=1S/C19H21N3/c1-14-5-6-19-17(11-14)18(13-21-19)15-3-2-4-16(12-15)22-9-7-20-8-10-22/h2-6,11-13,20-21H,7-10H2,1H3. The first-order valence-electron chi connectivity index (χ1n) is 7.95. The van der Waals surface area contributed by atoms with Gasteiger partial charge in [0.05, 0.1) is 0 Å². The van der Waals surface area contributed by atoms with Crippen molar-refractivity contribution in [2.75, 3.05) is 31.1 Å². The topological polar surface area (TPSA) is 31.1 Å². The van der Waals surface area contributed by atoms with Crippen molar-refractivity contribution in [3.05, 3.63) is 54.2 Å². The number of aromatic amines is 1. The van der Waals surface area contributed by atoms with Crippen LogP contribution in [0.15, 0.2) is 48.7 Å². The molecule has 3 heteroatoms. The van der Waals surface area contributed by atoms with E-state index in [1.807, 2.05) is 0 Å². The van der Waals surface area contributed by atoms with Crippen LogP contribution < -0.4 is 10.2 Å². The fourth-order valence-corrected chi connectivity index (χ4v) is 3.27. The third kappa shape index (κ3) is 2.38. The first-order chi connectivity index (χ1) is 10.8. The first kappa shape index (κ1) is 13.4. The minimum atomic E-state index is 1.07. The first-order valence-corrected chi connectivity index (χ1v) is 7.95. The Morgan fingerprint density at radius 3 is 2.73 bits per heavy atom. The Morgan fingerprint density at radius 1 is 1.00 bits per heavy atom. The molecule has 3 aromatic rings. The summed E-state index contributed by atoms with van der Waals surface area (Å²) in [6, 6.07) is 15.5. The highest BCUT2D eigenvalue weighted by molar-refractivity contribution is 5.96. The summed E-state index contributed by atoms with van der Waals surface area (Å²) in [6.45, 7) is 6.44. The van der Waals surface area contributed by atoms with Crippen LogP contribution in [0.3, 0.4) is 0 Å². The molecule has 2 aromatic carbocycles. The van der Waals surface area contributed by atoms with Crippen LogP contribution in [-0.4, -0.2) is 31.2 Å². The van der Waals surface area contributed by atoms with E-state index < -0.39 is 0 Å². The van der Waals surface area contributed by atoms with Crippen LogP contribution >= 0.6 is 0 Å². The van der Waals surface area contributed by atoms with Crippen molar-refractivity contribution in [3.8, 4) is 11.1 Å². The van der Waals surface area contributed by atoms with Gasteiger partial charge in [-0.05, 0) is 36.8 Å². The van der Waals surface area contributed by atoms with Gasteiger partial charge in [0.2, 0.25) is 0 Å². The summed E-state index contributed by atoms with van der Waals surface area (Å²) < 4.78 is 0. The average Bonchev–Trinajstić information content (AvgIpc) is 2.99. The lowest BCUT2D eigenvalue weighted by atomic mass is 10.0. The van der Waals surface area contributed by atoms with Crippen LogP contribution in [0.5, 0.6) is 0 Å². The van der Waals surface area contributed by atoms with Crippen molar-refractivity contribution < 1.29 is 0 Å². The zero-order valence-corrected chi connectivity index (χ0v) is 12.9. The van der Waals surface area contributed by atoms with Crippen LogP contribution in [0, 0.1) is 6.92 Å². The van der Waals surface area contributed by atoms with E-state index in [1.54, 1.807) is 0 Å². The van der Waals surface area contributed by atoms with Crippen LogP contribution in [0.2, 0.25) is 0 Å². The van der Waals surface area contributed by atoms with Crippen LogP contribution in [0.1, 0.15) is 5.56 Å². The quantitative estimate of drug-likeness (QED) is 0.756. The minimum absolute atomic E-state index is 1.07. The summed E-state index contributed by atoms with van der Waals surface area (Å²) in [6.07, 6.45) is 2.13. The van der Waals surface area contributed by atoms with Gasteiger partial charge >= 0.3 is 0 Å². The maximum absolute atomic E-state index is 3.41. The van der Waals surface area contributed by atoms with Crippen LogP contribution in [-0.2, 0) is 0 Å². The van der Waals surface area contributed by atoms with Crippen molar-refractivity contribution >= 4 is 16.6 Å². The molecule has 2 N–H and O–H groups in total. The van der Waals surface area contributed by atoms with Gasteiger partial charge in [-0.2, -0.15) is 0 Å². The van der Waals surface area contributed by atoms with Crippen molar-refractivity contribution in [2.24, 2.45) is 0 Å². The zero-order chi connectivity index (χ0) is 14.9. The van der Waals surface area contributed by atoms with Gasteiger partial charge in [0.15, 0.2) is 0 Å². The summed E-state index contributed by atoms with van der Waals surface area (Å²) in [7, 11) is 0. The molecule has 0 atom stereocenters. The Hall–Kier alpha value is -2.26. The lowest BCUT2D eigenvalue weighted by molar-refractivity contribution is 0.589. The second-order valence-corrected chi connectivity index (χ2v) is 6.04. The molecule has 4 rings (SSSR count). The Bertz CT molecular complexity index is 797. The number of rotatable bonds is 2. The van der Waals surface area contributed by atoms with Gasteiger partial charge in [0.25, 0.3) is 0 Å². The number of nitrogens with zero attached hydrogens (tertiary/aromatic N) is 1. The number of benzene rings is 2. The number of piperazine rings is 1. The molecule has 0 unspecified atom stereocenters. The van der Waals surface area contributed by atoms with Gasteiger partial charge in [0, 0.05) is 54.5 Å². The van der Waals surface area contributed by atoms with Crippen LogP contribution in [0.25, 0.3) is 22.0 Å². The number of fused-ring (bicyclic) bond motifs is 1. The Labute approximate surface area is 131 Å². The maximum atomic E-state index is 3.41. The van der Waals surface area contributed by atoms with E-state index in [4.69, 9.17) is 0 Å². The molecule has 22 heavy (non-hydrogen) atoms. The Morgan fingerprint density at radius 2 is 1.86 bits per heavy atom. The van der Waals surface area contributed by atoms with E-state index in [2.05, 4.69) is 70.8 Å². The monoisotopic (exact) mass is 291 g/mol. The number of hydrogen-bond donors (Lipinski definition) is 2. The normalized spacial score (nSPS) is 15.4. The lowest BCUT2D eigenvalue weighted by Gasteiger charge is -2.29.